The Morgan fingerprint density at radius 2 is 2.00 bits per heavy atom. The van der Waals surface area contributed by atoms with E-state index in [1.807, 2.05) is 60.5 Å². The number of aromatic nitrogens is 1. The Hall–Kier alpha value is -3.18. The van der Waals surface area contributed by atoms with E-state index in [-0.39, 0.29) is 11.8 Å². The predicted octanol–water partition coefficient (Wildman–Crippen LogP) is 5.35. The van der Waals surface area contributed by atoms with E-state index in [1.54, 1.807) is 7.11 Å². The summed E-state index contributed by atoms with van der Waals surface area (Å²) in [7, 11) is 3.54. The molecule has 5 rings (SSSR count). The summed E-state index contributed by atoms with van der Waals surface area (Å²) in [5.74, 6) is 1.21. The number of carbonyl (C=O) groups is 1. The third-order valence-electron chi connectivity index (χ3n) is 5.92. The maximum absolute atomic E-state index is 13.5. The van der Waals surface area contributed by atoms with Crippen LogP contribution in [0.5, 0.6) is 5.75 Å². The van der Waals surface area contributed by atoms with E-state index in [9.17, 15) is 4.79 Å². The fraction of sp³-hybridized carbons (Fsp3) is 0.208. The molecule has 1 atom stereocenters. The molecule has 152 valence electrons. The van der Waals surface area contributed by atoms with Gasteiger partial charge in [-0.1, -0.05) is 24.3 Å². The molecule has 0 fully saturated rings. The van der Waals surface area contributed by atoms with E-state index in [0.717, 1.165) is 44.4 Å². The van der Waals surface area contributed by atoms with E-state index in [1.165, 1.54) is 0 Å². The lowest BCUT2D eigenvalue weighted by molar-refractivity contribution is 0.0984. The van der Waals surface area contributed by atoms with Crippen LogP contribution in [0.4, 0.5) is 11.4 Å². The minimum atomic E-state index is -0.0663. The van der Waals surface area contributed by atoms with Crippen LogP contribution < -0.4 is 15.0 Å². The zero-order chi connectivity index (χ0) is 20.8. The lowest BCUT2D eigenvalue weighted by Gasteiger charge is -2.18. The van der Waals surface area contributed by atoms with Gasteiger partial charge >= 0.3 is 0 Å². The topological polar surface area (TPSA) is 57.4 Å². The zero-order valence-corrected chi connectivity index (χ0v) is 17.6. The van der Waals surface area contributed by atoms with Crippen molar-refractivity contribution in [2.45, 2.75) is 5.92 Å². The highest BCUT2D eigenvalue weighted by molar-refractivity contribution is 6.19. The molecular formula is C24H22ClN3O2. The number of rotatable bonds is 4. The van der Waals surface area contributed by atoms with Crippen LogP contribution in [0.1, 0.15) is 22.0 Å². The first-order valence-electron chi connectivity index (χ1n) is 9.92. The smallest absolute Gasteiger partial charge is 0.274 e. The zero-order valence-electron chi connectivity index (χ0n) is 16.8. The van der Waals surface area contributed by atoms with Crippen molar-refractivity contribution in [1.29, 1.82) is 0 Å². The first-order chi connectivity index (χ1) is 14.6. The number of nitrogens with one attached hydrogen (secondary N) is 2. The Morgan fingerprint density at radius 1 is 1.20 bits per heavy atom. The summed E-state index contributed by atoms with van der Waals surface area (Å²) in [6, 6.07) is 18.0. The molecule has 0 bridgehead atoms. The second-order valence-corrected chi connectivity index (χ2v) is 7.87. The molecule has 1 aliphatic heterocycles. The number of carbonyl (C=O) groups excluding carboxylic acids is 1. The summed E-state index contributed by atoms with van der Waals surface area (Å²) < 4.78 is 5.64. The standard InChI is InChI=1S/C24H22ClN3O2/c1-26-16-7-8-19-14(9-16)10-20(27-19)24(29)28-13-15(12-25)23-18-6-4-3-5-17(18)22(30-2)11-21(23)28/h3-11,15,26-27H,12-13H2,1-2H3/t15-/m1/s1. The molecule has 0 radical (unpaired) electrons. The molecular weight excluding hydrogens is 398 g/mol. The molecule has 2 heterocycles. The third kappa shape index (κ3) is 2.81. The van der Waals surface area contributed by atoms with Crippen LogP contribution in [0.3, 0.4) is 0 Å². The predicted molar refractivity (Wildman–Crippen MR) is 123 cm³/mol. The summed E-state index contributed by atoms with van der Waals surface area (Å²) in [6.45, 7) is 0.548. The van der Waals surface area contributed by atoms with Gasteiger partial charge in [0.25, 0.3) is 5.91 Å². The van der Waals surface area contributed by atoms with Crippen LogP contribution in [0.15, 0.2) is 54.6 Å². The van der Waals surface area contributed by atoms with Crippen LogP contribution in [-0.2, 0) is 0 Å². The van der Waals surface area contributed by atoms with Gasteiger partial charge in [-0.25, -0.2) is 0 Å². The molecule has 0 saturated carbocycles. The third-order valence-corrected chi connectivity index (χ3v) is 6.29. The van der Waals surface area contributed by atoms with Crippen LogP contribution in [0, 0.1) is 0 Å². The number of fused-ring (bicyclic) bond motifs is 4. The number of alkyl halides is 1. The average Bonchev–Trinajstić information content (AvgIpc) is 3.38. The Balaban J connectivity index is 1.63. The summed E-state index contributed by atoms with van der Waals surface area (Å²) in [4.78, 5) is 18.6. The Labute approximate surface area is 179 Å². The van der Waals surface area contributed by atoms with Crippen LogP contribution in [0.2, 0.25) is 0 Å². The van der Waals surface area contributed by atoms with Crippen LogP contribution in [0.25, 0.3) is 21.7 Å². The van der Waals surface area contributed by atoms with E-state index in [2.05, 4.69) is 16.4 Å². The fourth-order valence-electron chi connectivity index (χ4n) is 4.45. The van der Waals surface area contributed by atoms with Gasteiger partial charge in [0, 0.05) is 53.4 Å². The molecule has 1 aliphatic rings. The minimum Gasteiger partial charge on any atom is -0.496 e. The quantitative estimate of drug-likeness (QED) is 0.438. The molecule has 0 aliphatic carbocycles. The Bertz CT molecular complexity index is 1280. The summed E-state index contributed by atoms with van der Waals surface area (Å²) in [5.41, 5.74) is 4.48. The molecule has 4 aromatic rings. The lowest BCUT2D eigenvalue weighted by atomic mass is 9.95. The molecule has 2 N–H and O–H groups in total. The molecule has 0 spiro atoms. The van der Waals surface area contributed by atoms with Crippen molar-refractivity contribution in [2.75, 3.05) is 36.8 Å². The lowest BCUT2D eigenvalue weighted by Crippen LogP contribution is -2.30. The largest absolute Gasteiger partial charge is 0.496 e. The van der Waals surface area contributed by atoms with Crippen molar-refractivity contribution in [3.8, 4) is 5.75 Å². The number of hydrogen-bond donors (Lipinski definition) is 2. The maximum Gasteiger partial charge on any atom is 0.274 e. The SMILES string of the molecule is CNc1ccc2[nH]c(C(=O)N3C[C@@H](CCl)c4c3cc(OC)c3ccccc43)cc2c1. The van der Waals surface area contributed by atoms with Gasteiger partial charge in [0.2, 0.25) is 0 Å². The summed E-state index contributed by atoms with van der Waals surface area (Å²) >= 11 is 6.34. The number of anilines is 2. The number of ether oxygens (including phenoxy) is 1. The average molecular weight is 420 g/mol. The first kappa shape index (κ1) is 18.8. The molecule has 0 saturated heterocycles. The van der Waals surface area contributed by atoms with Gasteiger partial charge in [-0.15, -0.1) is 11.6 Å². The molecule has 1 amide bonds. The second kappa shape index (κ2) is 7.26. The highest BCUT2D eigenvalue weighted by Crippen LogP contribution is 2.45. The van der Waals surface area contributed by atoms with Crippen molar-refractivity contribution < 1.29 is 9.53 Å². The van der Waals surface area contributed by atoms with Gasteiger partial charge in [0.05, 0.1) is 12.8 Å². The molecule has 1 aromatic heterocycles. The maximum atomic E-state index is 13.5. The monoisotopic (exact) mass is 419 g/mol. The number of amides is 1. The second-order valence-electron chi connectivity index (χ2n) is 7.56. The first-order valence-corrected chi connectivity index (χ1v) is 10.5. The van der Waals surface area contributed by atoms with Gasteiger partial charge in [0.15, 0.2) is 0 Å². The van der Waals surface area contributed by atoms with Crippen molar-refractivity contribution in [1.82, 2.24) is 4.98 Å². The number of halogens is 1. The van der Waals surface area contributed by atoms with E-state index in [0.29, 0.717) is 18.1 Å². The molecule has 0 unspecified atom stereocenters. The summed E-state index contributed by atoms with van der Waals surface area (Å²) in [5, 5.41) is 6.25. The minimum absolute atomic E-state index is 0.0663. The molecule has 6 heteroatoms. The van der Waals surface area contributed by atoms with Gasteiger partial charge in [0.1, 0.15) is 11.4 Å². The number of hydrogen-bond acceptors (Lipinski definition) is 3. The number of benzene rings is 3. The van der Waals surface area contributed by atoms with Crippen LogP contribution in [-0.4, -0.2) is 37.5 Å². The number of H-pyrrole nitrogens is 1. The highest BCUT2D eigenvalue weighted by Gasteiger charge is 2.35. The molecule has 30 heavy (non-hydrogen) atoms. The van der Waals surface area contributed by atoms with E-state index < -0.39 is 0 Å². The van der Waals surface area contributed by atoms with E-state index in [4.69, 9.17) is 16.3 Å². The van der Waals surface area contributed by atoms with Gasteiger partial charge < -0.3 is 19.9 Å². The van der Waals surface area contributed by atoms with Gasteiger partial charge in [-0.3, -0.25) is 4.79 Å². The number of nitrogens with zero attached hydrogens (tertiary/aromatic N) is 1. The molecule has 3 aromatic carbocycles. The van der Waals surface area contributed by atoms with Gasteiger partial charge in [-0.05, 0) is 35.2 Å². The Morgan fingerprint density at radius 3 is 2.73 bits per heavy atom. The normalized spacial score (nSPS) is 15.6. The van der Waals surface area contributed by atoms with Crippen molar-refractivity contribution in [2.24, 2.45) is 0 Å². The summed E-state index contributed by atoms with van der Waals surface area (Å²) in [6.07, 6.45) is 0. The molecule has 5 nitrogen and oxygen atoms in total. The number of aromatic amines is 1. The van der Waals surface area contributed by atoms with Crippen molar-refractivity contribution >= 4 is 50.6 Å². The van der Waals surface area contributed by atoms with Crippen molar-refractivity contribution in [3.63, 3.8) is 0 Å². The van der Waals surface area contributed by atoms with E-state index >= 15 is 0 Å². The van der Waals surface area contributed by atoms with Gasteiger partial charge in [-0.2, -0.15) is 0 Å². The fourth-order valence-corrected chi connectivity index (χ4v) is 4.70. The van der Waals surface area contributed by atoms with Crippen molar-refractivity contribution in [3.05, 3.63) is 65.9 Å². The van der Waals surface area contributed by atoms with Crippen LogP contribution >= 0.6 is 11.6 Å². The number of methoxy groups -OCH3 is 1. The Kier molecular flexibility index (Phi) is 4.55. The highest BCUT2D eigenvalue weighted by atomic mass is 35.5.